The first-order chi connectivity index (χ1) is 6.75. The lowest BCUT2D eigenvalue weighted by molar-refractivity contribution is 0.251. The first kappa shape index (κ1) is 13.2. The van der Waals surface area contributed by atoms with E-state index in [9.17, 15) is 0 Å². The predicted molar refractivity (Wildman–Crippen MR) is 67.1 cm³/mol. The molecule has 1 aromatic rings. The number of halogens is 2. The van der Waals surface area contributed by atoms with Gasteiger partial charge in [0.15, 0.2) is 4.47 Å². The number of rotatable bonds is 3. The highest BCUT2D eigenvalue weighted by molar-refractivity contribution is 7.15. The van der Waals surface area contributed by atoms with Crippen molar-refractivity contribution < 1.29 is 0 Å². The second kappa shape index (κ2) is 6.01. The van der Waals surface area contributed by atoms with Gasteiger partial charge in [-0.05, 0) is 20.0 Å². The van der Waals surface area contributed by atoms with Crippen LogP contribution >= 0.6 is 35.3 Å². The van der Waals surface area contributed by atoms with Gasteiger partial charge in [0.1, 0.15) is 0 Å². The molecule has 86 valence electrons. The van der Waals surface area contributed by atoms with Crippen LogP contribution < -0.4 is 5.32 Å². The fraction of sp³-hybridized carbons (Fsp3) is 0.667. The van der Waals surface area contributed by atoms with Crippen molar-refractivity contribution in [3.63, 3.8) is 0 Å². The van der Waals surface area contributed by atoms with Gasteiger partial charge in [0, 0.05) is 30.2 Å². The summed E-state index contributed by atoms with van der Waals surface area (Å²) in [5.41, 5.74) is 0. The number of nitrogens with one attached hydrogen (secondary N) is 1. The summed E-state index contributed by atoms with van der Waals surface area (Å²) in [4.78, 5) is 7.64. The molecule has 1 atom stereocenters. The summed E-state index contributed by atoms with van der Waals surface area (Å²) in [6.07, 6.45) is 3.11. The highest BCUT2D eigenvalue weighted by Crippen LogP contribution is 2.20. The van der Waals surface area contributed by atoms with Crippen LogP contribution in [-0.2, 0) is 6.54 Å². The summed E-state index contributed by atoms with van der Waals surface area (Å²) in [5, 5.41) is 3.36. The molecule has 1 fully saturated rings. The van der Waals surface area contributed by atoms with E-state index in [1.807, 2.05) is 6.20 Å². The summed E-state index contributed by atoms with van der Waals surface area (Å²) in [7, 11) is 2.16. The van der Waals surface area contributed by atoms with Crippen molar-refractivity contribution in [2.75, 3.05) is 20.1 Å². The molecule has 0 radical (unpaired) electrons. The second-order valence-electron chi connectivity index (χ2n) is 3.64. The average Bonchev–Trinajstić information content (AvgIpc) is 2.75. The van der Waals surface area contributed by atoms with Crippen molar-refractivity contribution >= 4 is 35.3 Å². The van der Waals surface area contributed by atoms with E-state index in [4.69, 9.17) is 11.6 Å². The largest absolute Gasteiger partial charge is 0.315 e. The molecule has 2 rings (SSSR count). The maximum absolute atomic E-state index is 5.78. The summed E-state index contributed by atoms with van der Waals surface area (Å²) < 4.78 is 0.637. The molecule has 0 aromatic carbocycles. The van der Waals surface area contributed by atoms with Gasteiger partial charge in [-0.2, -0.15) is 0 Å². The van der Waals surface area contributed by atoms with E-state index in [1.165, 1.54) is 11.3 Å². The van der Waals surface area contributed by atoms with Crippen molar-refractivity contribution in [2.24, 2.45) is 0 Å². The number of aromatic nitrogens is 1. The maximum Gasteiger partial charge on any atom is 0.183 e. The monoisotopic (exact) mass is 267 g/mol. The first-order valence-electron chi connectivity index (χ1n) is 4.77. The van der Waals surface area contributed by atoms with Gasteiger partial charge in [-0.25, -0.2) is 4.98 Å². The normalized spacial score (nSPS) is 20.6. The molecule has 1 aliphatic heterocycles. The Kier molecular flexibility index (Phi) is 5.29. The van der Waals surface area contributed by atoms with Crippen molar-refractivity contribution in [3.8, 4) is 0 Å². The molecule has 6 heteroatoms. The molecule has 0 amide bonds. The molecule has 0 aliphatic carbocycles. The third-order valence-corrected chi connectivity index (χ3v) is 3.69. The summed E-state index contributed by atoms with van der Waals surface area (Å²) in [5.74, 6) is 0. The molecule has 1 saturated heterocycles. The van der Waals surface area contributed by atoms with E-state index in [0.717, 1.165) is 19.6 Å². The zero-order valence-electron chi connectivity index (χ0n) is 8.57. The topological polar surface area (TPSA) is 28.2 Å². The number of likely N-dealkylation sites (N-methyl/N-ethyl adjacent to an activating group) is 1. The zero-order chi connectivity index (χ0) is 9.97. The van der Waals surface area contributed by atoms with E-state index < -0.39 is 0 Å². The Hall–Kier alpha value is 0.130. The fourth-order valence-electron chi connectivity index (χ4n) is 1.75. The van der Waals surface area contributed by atoms with Crippen LogP contribution in [-0.4, -0.2) is 36.1 Å². The summed E-state index contributed by atoms with van der Waals surface area (Å²) >= 11 is 7.35. The molecule has 3 nitrogen and oxygen atoms in total. The Bertz CT molecular complexity index is 299. The molecular formula is C9H15Cl2N3S. The molecule has 2 heterocycles. The zero-order valence-corrected chi connectivity index (χ0v) is 11.0. The Morgan fingerprint density at radius 1 is 1.73 bits per heavy atom. The second-order valence-corrected chi connectivity index (χ2v) is 5.34. The molecular weight excluding hydrogens is 253 g/mol. The van der Waals surface area contributed by atoms with Gasteiger partial charge in [-0.3, -0.25) is 4.90 Å². The van der Waals surface area contributed by atoms with Gasteiger partial charge in [0.05, 0.1) is 0 Å². The van der Waals surface area contributed by atoms with Crippen LogP contribution in [0.2, 0.25) is 4.47 Å². The van der Waals surface area contributed by atoms with Crippen molar-refractivity contribution in [1.29, 1.82) is 0 Å². The molecule has 0 bridgehead atoms. The highest BCUT2D eigenvalue weighted by Gasteiger charge is 2.19. The van der Waals surface area contributed by atoms with Crippen LogP contribution in [0.1, 0.15) is 11.3 Å². The smallest absolute Gasteiger partial charge is 0.183 e. The summed E-state index contributed by atoms with van der Waals surface area (Å²) in [6, 6.07) is 0.663. The Morgan fingerprint density at radius 3 is 3.07 bits per heavy atom. The Labute approximate surface area is 105 Å². The number of nitrogens with zero attached hydrogens (tertiary/aromatic N) is 2. The van der Waals surface area contributed by atoms with Crippen LogP contribution in [0.15, 0.2) is 6.20 Å². The quantitative estimate of drug-likeness (QED) is 0.909. The lowest BCUT2D eigenvalue weighted by atomic mass is 10.2. The molecule has 0 spiro atoms. The highest BCUT2D eigenvalue weighted by atomic mass is 35.5. The third-order valence-electron chi connectivity index (χ3n) is 2.59. The minimum Gasteiger partial charge on any atom is -0.315 e. The Morgan fingerprint density at radius 2 is 2.53 bits per heavy atom. The van der Waals surface area contributed by atoms with Crippen LogP contribution in [0.5, 0.6) is 0 Å². The minimum atomic E-state index is 0. The molecule has 15 heavy (non-hydrogen) atoms. The lowest BCUT2D eigenvalue weighted by Crippen LogP contribution is -2.32. The average molecular weight is 268 g/mol. The number of hydrogen-bond donors (Lipinski definition) is 1. The van der Waals surface area contributed by atoms with E-state index in [2.05, 4.69) is 22.2 Å². The van der Waals surface area contributed by atoms with Gasteiger partial charge >= 0.3 is 0 Å². The molecule has 1 aliphatic rings. The lowest BCUT2D eigenvalue weighted by Gasteiger charge is -2.22. The standard InChI is InChI=1S/C9H14ClN3S.ClH/c1-13(7-2-3-11-4-7)6-8-5-12-9(10)14-8;/h5,7,11H,2-4,6H2,1H3;1H/t7-;/m0./s1. The van der Waals surface area contributed by atoms with E-state index >= 15 is 0 Å². The van der Waals surface area contributed by atoms with Gasteiger partial charge < -0.3 is 5.32 Å². The van der Waals surface area contributed by atoms with Crippen molar-refractivity contribution in [1.82, 2.24) is 15.2 Å². The van der Waals surface area contributed by atoms with Crippen molar-refractivity contribution in [3.05, 3.63) is 15.5 Å². The first-order valence-corrected chi connectivity index (χ1v) is 5.96. The van der Waals surface area contributed by atoms with Gasteiger partial charge in [-0.15, -0.1) is 23.7 Å². The van der Waals surface area contributed by atoms with Crippen molar-refractivity contribution in [2.45, 2.75) is 19.0 Å². The van der Waals surface area contributed by atoms with Crippen LogP contribution in [0, 0.1) is 0 Å². The van der Waals surface area contributed by atoms with E-state index in [-0.39, 0.29) is 12.4 Å². The molecule has 0 unspecified atom stereocenters. The predicted octanol–water partition coefficient (Wildman–Crippen LogP) is 2.01. The SMILES string of the molecule is CN(Cc1cnc(Cl)s1)[C@H]1CCNC1.Cl. The summed E-state index contributed by atoms with van der Waals surface area (Å²) in [6.45, 7) is 3.19. The molecule has 0 saturated carbocycles. The van der Waals surface area contributed by atoms with E-state index in [1.54, 1.807) is 11.3 Å². The van der Waals surface area contributed by atoms with E-state index in [0.29, 0.717) is 10.5 Å². The number of thiazole rings is 1. The third kappa shape index (κ3) is 3.57. The van der Waals surface area contributed by atoms with Gasteiger partial charge in [-0.1, -0.05) is 11.6 Å². The molecule has 1 N–H and O–H groups in total. The number of hydrogen-bond acceptors (Lipinski definition) is 4. The van der Waals surface area contributed by atoms with Crippen LogP contribution in [0.25, 0.3) is 0 Å². The van der Waals surface area contributed by atoms with Crippen LogP contribution in [0.4, 0.5) is 0 Å². The van der Waals surface area contributed by atoms with Crippen LogP contribution in [0.3, 0.4) is 0 Å². The Balaban J connectivity index is 0.00000112. The van der Waals surface area contributed by atoms with Gasteiger partial charge in [0.2, 0.25) is 0 Å². The van der Waals surface area contributed by atoms with Gasteiger partial charge in [0.25, 0.3) is 0 Å². The molecule has 1 aromatic heterocycles. The maximum atomic E-state index is 5.78. The minimum absolute atomic E-state index is 0. The fourth-order valence-corrected chi connectivity index (χ4v) is 2.79.